The molecule has 1 aliphatic rings. The maximum absolute atomic E-state index is 4.01. The number of H-pyrrole nitrogens is 1. The molecule has 1 saturated carbocycles. The molecule has 0 aromatic carbocycles. The van der Waals surface area contributed by atoms with Crippen LogP contribution < -0.4 is 5.32 Å². The van der Waals surface area contributed by atoms with Crippen LogP contribution >= 0.6 is 0 Å². The van der Waals surface area contributed by atoms with E-state index in [1.54, 1.807) is 0 Å². The average Bonchev–Trinajstić information content (AvgIpc) is 2.75. The van der Waals surface area contributed by atoms with E-state index in [9.17, 15) is 0 Å². The van der Waals surface area contributed by atoms with Crippen molar-refractivity contribution in [1.29, 1.82) is 0 Å². The highest BCUT2D eigenvalue weighted by Gasteiger charge is 2.27. The molecule has 2 rings (SSSR count). The fraction of sp³-hybridized carbons (Fsp3) is 0.909. The van der Waals surface area contributed by atoms with Crippen LogP contribution in [0.1, 0.15) is 51.9 Å². The minimum absolute atomic E-state index is 0.180. The van der Waals surface area contributed by atoms with Crippen LogP contribution in [0.4, 0.5) is 0 Å². The number of nitrogens with zero attached hydrogens (tertiary/aromatic N) is 3. The molecule has 1 fully saturated rings. The molecule has 0 spiro atoms. The summed E-state index contributed by atoms with van der Waals surface area (Å²) in [5, 5.41) is 17.7. The Kier molecular flexibility index (Phi) is 3.53. The zero-order valence-corrected chi connectivity index (χ0v) is 10.3. The summed E-state index contributed by atoms with van der Waals surface area (Å²) < 4.78 is 0. The molecule has 0 bridgehead atoms. The van der Waals surface area contributed by atoms with Gasteiger partial charge in [0.05, 0.1) is 6.04 Å². The van der Waals surface area contributed by atoms with E-state index in [0.717, 1.165) is 17.7 Å². The van der Waals surface area contributed by atoms with E-state index in [1.165, 1.54) is 19.3 Å². The van der Waals surface area contributed by atoms with E-state index in [-0.39, 0.29) is 6.04 Å². The normalized spacial score (nSPS) is 32.6. The average molecular weight is 223 g/mol. The SMILES string of the molecule is CC1CCC(NC(C)c2nn[nH]n2)C(C)C1. The quantitative estimate of drug-likeness (QED) is 0.818. The van der Waals surface area contributed by atoms with Crippen molar-refractivity contribution < 1.29 is 0 Å². The summed E-state index contributed by atoms with van der Waals surface area (Å²) in [5.74, 6) is 2.36. The van der Waals surface area contributed by atoms with Crippen LogP contribution in [0.2, 0.25) is 0 Å². The monoisotopic (exact) mass is 223 g/mol. The lowest BCUT2D eigenvalue weighted by Gasteiger charge is -2.34. The Labute approximate surface area is 96.4 Å². The number of aromatic nitrogens is 4. The molecule has 0 radical (unpaired) electrons. The highest BCUT2D eigenvalue weighted by Crippen LogP contribution is 2.29. The standard InChI is InChI=1S/C11H21N5/c1-7-4-5-10(8(2)6-7)12-9(3)11-13-15-16-14-11/h7-10,12H,4-6H2,1-3H3,(H,13,14,15,16). The smallest absolute Gasteiger partial charge is 0.191 e. The van der Waals surface area contributed by atoms with Crippen LogP contribution in [0.15, 0.2) is 0 Å². The number of aromatic amines is 1. The molecule has 5 nitrogen and oxygen atoms in total. The van der Waals surface area contributed by atoms with Crippen LogP contribution in [-0.2, 0) is 0 Å². The van der Waals surface area contributed by atoms with Crippen molar-refractivity contribution in [2.24, 2.45) is 11.8 Å². The highest BCUT2D eigenvalue weighted by atomic mass is 15.5. The minimum atomic E-state index is 0.180. The molecule has 0 amide bonds. The number of nitrogens with one attached hydrogen (secondary N) is 2. The van der Waals surface area contributed by atoms with Gasteiger partial charge in [0.2, 0.25) is 0 Å². The van der Waals surface area contributed by atoms with E-state index in [0.29, 0.717) is 6.04 Å². The third kappa shape index (κ3) is 2.58. The molecule has 2 N–H and O–H groups in total. The molecule has 4 atom stereocenters. The van der Waals surface area contributed by atoms with Gasteiger partial charge in [-0.3, -0.25) is 0 Å². The second-order valence-corrected chi connectivity index (χ2v) is 5.16. The molecule has 0 aliphatic heterocycles. The molecule has 1 heterocycles. The molecule has 90 valence electrons. The number of rotatable bonds is 3. The Morgan fingerprint density at radius 1 is 1.38 bits per heavy atom. The number of hydrogen-bond acceptors (Lipinski definition) is 4. The molecular weight excluding hydrogens is 202 g/mol. The Morgan fingerprint density at radius 2 is 2.19 bits per heavy atom. The van der Waals surface area contributed by atoms with Crippen LogP contribution in [0.5, 0.6) is 0 Å². The van der Waals surface area contributed by atoms with E-state index in [2.05, 4.69) is 46.7 Å². The number of tetrazole rings is 1. The first-order valence-corrected chi connectivity index (χ1v) is 6.16. The molecule has 5 heteroatoms. The summed E-state index contributed by atoms with van der Waals surface area (Å²) in [6, 6.07) is 0.768. The van der Waals surface area contributed by atoms with Crippen molar-refractivity contribution in [2.45, 2.75) is 52.1 Å². The lowest BCUT2D eigenvalue weighted by molar-refractivity contribution is 0.215. The van der Waals surface area contributed by atoms with Crippen LogP contribution in [0, 0.1) is 11.8 Å². The van der Waals surface area contributed by atoms with Crippen molar-refractivity contribution in [2.75, 3.05) is 0 Å². The van der Waals surface area contributed by atoms with Gasteiger partial charge in [0.15, 0.2) is 5.82 Å². The van der Waals surface area contributed by atoms with Gasteiger partial charge in [-0.2, -0.15) is 5.21 Å². The molecule has 4 unspecified atom stereocenters. The Balaban J connectivity index is 1.89. The Morgan fingerprint density at radius 3 is 2.81 bits per heavy atom. The van der Waals surface area contributed by atoms with Gasteiger partial charge in [-0.15, -0.1) is 10.2 Å². The Bertz CT molecular complexity index is 310. The lowest BCUT2D eigenvalue weighted by atomic mass is 9.79. The highest BCUT2D eigenvalue weighted by molar-refractivity contribution is 4.90. The van der Waals surface area contributed by atoms with Gasteiger partial charge in [-0.05, 0) is 38.0 Å². The maximum atomic E-state index is 4.01. The molecule has 0 saturated heterocycles. The van der Waals surface area contributed by atoms with Gasteiger partial charge in [-0.25, -0.2) is 0 Å². The fourth-order valence-corrected chi connectivity index (χ4v) is 2.66. The predicted octanol–water partition coefficient (Wildman–Crippen LogP) is 1.67. The first-order chi connectivity index (χ1) is 7.66. The fourth-order valence-electron chi connectivity index (χ4n) is 2.66. The van der Waals surface area contributed by atoms with Crippen LogP contribution in [-0.4, -0.2) is 26.7 Å². The number of hydrogen-bond donors (Lipinski definition) is 2. The third-order valence-corrected chi connectivity index (χ3v) is 3.64. The zero-order chi connectivity index (χ0) is 11.5. The molecule has 16 heavy (non-hydrogen) atoms. The summed E-state index contributed by atoms with van der Waals surface area (Å²) >= 11 is 0. The van der Waals surface area contributed by atoms with Crippen molar-refractivity contribution >= 4 is 0 Å². The van der Waals surface area contributed by atoms with Crippen molar-refractivity contribution in [3.05, 3.63) is 5.82 Å². The maximum Gasteiger partial charge on any atom is 0.191 e. The van der Waals surface area contributed by atoms with Crippen LogP contribution in [0.3, 0.4) is 0 Å². The second-order valence-electron chi connectivity index (χ2n) is 5.16. The molecule has 1 aromatic heterocycles. The largest absolute Gasteiger partial charge is 0.304 e. The molecule has 1 aliphatic carbocycles. The summed E-state index contributed by atoms with van der Waals surface area (Å²) in [5.41, 5.74) is 0. The topological polar surface area (TPSA) is 66.5 Å². The predicted molar refractivity (Wildman–Crippen MR) is 61.7 cm³/mol. The molecular formula is C11H21N5. The van der Waals surface area contributed by atoms with Crippen molar-refractivity contribution in [3.8, 4) is 0 Å². The summed E-state index contributed by atoms with van der Waals surface area (Å²) in [4.78, 5) is 0. The summed E-state index contributed by atoms with van der Waals surface area (Å²) in [7, 11) is 0. The minimum Gasteiger partial charge on any atom is -0.304 e. The third-order valence-electron chi connectivity index (χ3n) is 3.64. The first-order valence-electron chi connectivity index (χ1n) is 6.16. The summed E-state index contributed by atoms with van der Waals surface area (Å²) in [6.45, 7) is 6.77. The van der Waals surface area contributed by atoms with Gasteiger partial charge >= 0.3 is 0 Å². The summed E-state index contributed by atoms with van der Waals surface area (Å²) in [6.07, 6.45) is 3.89. The van der Waals surface area contributed by atoms with Crippen LogP contribution in [0.25, 0.3) is 0 Å². The van der Waals surface area contributed by atoms with Gasteiger partial charge in [0.1, 0.15) is 0 Å². The molecule has 1 aromatic rings. The Hall–Kier alpha value is -0.970. The zero-order valence-electron chi connectivity index (χ0n) is 10.3. The first kappa shape index (κ1) is 11.5. The van der Waals surface area contributed by atoms with Gasteiger partial charge in [0, 0.05) is 6.04 Å². The van der Waals surface area contributed by atoms with Gasteiger partial charge in [0.25, 0.3) is 0 Å². The van der Waals surface area contributed by atoms with E-state index >= 15 is 0 Å². The van der Waals surface area contributed by atoms with E-state index < -0.39 is 0 Å². The second kappa shape index (κ2) is 4.91. The van der Waals surface area contributed by atoms with Crippen molar-refractivity contribution in [3.63, 3.8) is 0 Å². The van der Waals surface area contributed by atoms with E-state index in [4.69, 9.17) is 0 Å². The van der Waals surface area contributed by atoms with Gasteiger partial charge < -0.3 is 5.32 Å². The lowest BCUT2D eigenvalue weighted by Crippen LogP contribution is -2.40. The van der Waals surface area contributed by atoms with Crippen molar-refractivity contribution in [1.82, 2.24) is 25.9 Å². The van der Waals surface area contributed by atoms with E-state index in [1.807, 2.05) is 0 Å². The van der Waals surface area contributed by atoms with Gasteiger partial charge in [-0.1, -0.05) is 19.1 Å².